The van der Waals surface area contributed by atoms with Gasteiger partial charge in [-0.2, -0.15) is 0 Å². The Morgan fingerprint density at radius 3 is 2.25 bits per heavy atom. The van der Waals surface area contributed by atoms with Crippen LogP contribution >= 0.6 is 15.9 Å². The summed E-state index contributed by atoms with van der Waals surface area (Å²) in [5, 5.41) is 9.26. The Hall–Kier alpha value is -1.16. The summed E-state index contributed by atoms with van der Waals surface area (Å²) in [5.74, 6) is -1.33. The number of hydrogen-bond donors (Lipinski definition) is 1. The van der Waals surface area contributed by atoms with E-state index in [0.29, 0.717) is 12.0 Å². The van der Waals surface area contributed by atoms with Crippen LogP contribution in [0.2, 0.25) is 0 Å². The maximum Gasteiger partial charge on any atom is 0.310 e. The molecule has 0 aromatic heterocycles. The Kier molecular flexibility index (Phi) is 4.68. The maximum atomic E-state index is 11.3. The molecule has 0 aliphatic rings. The number of ketones is 1. The molecule has 0 bridgehead atoms. The highest BCUT2D eigenvalue weighted by Crippen LogP contribution is 2.20. The first-order valence-corrected chi connectivity index (χ1v) is 6.14. The van der Waals surface area contributed by atoms with Gasteiger partial charge in [0.1, 0.15) is 0 Å². The van der Waals surface area contributed by atoms with E-state index in [-0.39, 0.29) is 11.1 Å². The van der Waals surface area contributed by atoms with Crippen LogP contribution in [0.5, 0.6) is 0 Å². The SMILES string of the molecule is CCC(C(=O)O)c1ccc(C(=O)CBr)cc1. The predicted octanol–water partition coefficient (Wildman–Crippen LogP) is 2.84. The third-order valence-corrected chi connectivity index (χ3v) is 2.97. The smallest absolute Gasteiger partial charge is 0.310 e. The number of benzene rings is 1. The number of halogens is 1. The fraction of sp³-hybridized carbons (Fsp3) is 0.333. The molecule has 0 fully saturated rings. The van der Waals surface area contributed by atoms with Gasteiger partial charge < -0.3 is 5.11 Å². The Morgan fingerprint density at radius 2 is 1.88 bits per heavy atom. The molecule has 3 nitrogen and oxygen atoms in total. The molecule has 1 aromatic rings. The molecule has 0 saturated heterocycles. The largest absolute Gasteiger partial charge is 0.481 e. The summed E-state index contributed by atoms with van der Waals surface area (Å²) in [6.45, 7) is 1.83. The molecule has 1 aromatic carbocycles. The van der Waals surface area contributed by atoms with Crippen LogP contribution in [-0.2, 0) is 4.79 Å². The topological polar surface area (TPSA) is 54.4 Å². The second-order valence-electron chi connectivity index (χ2n) is 3.48. The molecule has 86 valence electrons. The summed E-state index contributed by atoms with van der Waals surface area (Å²) in [5.41, 5.74) is 1.34. The van der Waals surface area contributed by atoms with Gasteiger partial charge in [0.15, 0.2) is 5.78 Å². The number of aliphatic carboxylic acids is 1. The molecule has 4 heteroatoms. The molecule has 0 heterocycles. The number of Topliss-reactive ketones (excluding diaryl/α,β-unsaturated/α-hetero) is 1. The van der Waals surface area contributed by atoms with Crippen molar-refractivity contribution < 1.29 is 14.7 Å². The first-order valence-electron chi connectivity index (χ1n) is 5.02. The highest BCUT2D eigenvalue weighted by Gasteiger charge is 2.17. The lowest BCUT2D eigenvalue weighted by atomic mass is 9.95. The van der Waals surface area contributed by atoms with Crippen molar-refractivity contribution in [1.82, 2.24) is 0 Å². The number of carboxylic acids is 1. The Morgan fingerprint density at radius 1 is 1.31 bits per heavy atom. The Balaban J connectivity index is 2.93. The number of hydrogen-bond acceptors (Lipinski definition) is 2. The zero-order valence-electron chi connectivity index (χ0n) is 8.94. The maximum absolute atomic E-state index is 11.3. The molecule has 0 spiro atoms. The van der Waals surface area contributed by atoms with E-state index >= 15 is 0 Å². The Bertz CT molecular complexity index is 384. The standard InChI is InChI=1S/C12H13BrO3/c1-2-10(12(15)16)8-3-5-9(6-4-8)11(14)7-13/h3-6,10H,2,7H2,1H3,(H,15,16). The van der Waals surface area contributed by atoms with Gasteiger partial charge in [0.05, 0.1) is 11.2 Å². The highest BCUT2D eigenvalue weighted by molar-refractivity contribution is 9.09. The van der Waals surface area contributed by atoms with E-state index in [0.717, 1.165) is 5.56 Å². The lowest BCUT2D eigenvalue weighted by molar-refractivity contribution is -0.138. The minimum Gasteiger partial charge on any atom is -0.481 e. The van der Waals surface area contributed by atoms with Crippen LogP contribution in [0, 0.1) is 0 Å². The van der Waals surface area contributed by atoms with Crippen molar-refractivity contribution in [3.8, 4) is 0 Å². The molecule has 0 radical (unpaired) electrons. The molecule has 0 aliphatic carbocycles. The van der Waals surface area contributed by atoms with Crippen molar-refractivity contribution in [2.75, 3.05) is 5.33 Å². The van der Waals surface area contributed by atoms with Crippen molar-refractivity contribution in [1.29, 1.82) is 0 Å². The van der Waals surface area contributed by atoms with Crippen molar-refractivity contribution in [2.24, 2.45) is 0 Å². The fourth-order valence-corrected chi connectivity index (χ4v) is 1.86. The van der Waals surface area contributed by atoms with Gasteiger partial charge in [-0.05, 0) is 12.0 Å². The molecular weight excluding hydrogens is 272 g/mol. The van der Waals surface area contributed by atoms with Gasteiger partial charge in [-0.1, -0.05) is 47.1 Å². The molecule has 1 N–H and O–H groups in total. The van der Waals surface area contributed by atoms with Crippen molar-refractivity contribution in [2.45, 2.75) is 19.3 Å². The van der Waals surface area contributed by atoms with Gasteiger partial charge in [0, 0.05) is 5.56 Å². The lowest BCUT2D eigenvalue weighted by Crippen LogP contribution is -2.10. The third kappa shape index (κ3) is 2.92. The van der Waals surface area contributed by atoms with Crippen molar-refractivity contribution in [3.05, 3.63) is 35.4 Å². The average Bonchev–Trinajstić information content (AvgIpc) is 2.29. The van der Waals surface area contributed by atoms with Crippen LogP contribution in [0.1, 0.15) is 35.2 Å². The van der Waals surface area contributed by atoms with Crippen LogP contribution in [-0.4, -0.2) is 22.2 Å². The van der Waals surface area contributed by atoms with E-state index in [1.54, 1.807) is 24.3 Å². The molecule has 1 unspecified atom stereocenters. The monoisotopic (exact) mass is 284 g/mol. The van der Waals surface area contributed by atoms with Gasteiger partial charge in [0.25, 0.3) is 0 Å². The highest BCUT2D eigenvalue weighted by atomic mass is 79.9. The normalized spacial score (nSPS) is 12.1. The summed E-state index contributed by atoms with van der Waals surface area (Å²) >= 11 is 3.09. The minimum atomic E-state index is -0.831. The lowest BCUT2D eigenvalue weighted by Gasteiger charge is -2.10. The minimum absolute atomic E-state index is 0.00470. The van der Waals surface area contributed by atoms with Crippen LogP contribution in [0.3, 0.4) is 0 Å². The van der Waals surface area contributed by atoms with Crippen molar-refractivity contribution in [3.63, 3.8) is 0 Å². The molecule has 16 heavy (non-hydrogen) atoms. The zero-order chi connectivity index (χ0) is 12.1. The third-order valence-electron chi connectivity index (χ3n) is 2.46. The Labute approximate surface area is 103 Å². The molecule has 0 aliphatic heterocycles. The van der Waals surface area contributed by atoms with Gasteiger partial charge in [-0.25, -0.2) is 0 Å². The first-order chi connectivity index (χ1) is 7.60. The molecule has 0 saturated carbocycles. The van der Waals surface area contributed by atoms with Gasteiger partial charge in [-0.3, -0.25) is 9.59 Å². The van der Waals surface area contributed by atoms with Crippen LogP contribution < -0.4 is 0 Å². The van der Waals surface area contributed by atoms with Crippen molar-refractivity contribution >= 4 is 27.7 Å². The number of carboxylic acid groups (broad SMARTS) is 1. The summed E-state index contributed by atoms with van der Waals surface area (Å²) < 4.78 is 0. The van der Waals surface area contributed by atoms with Gasteiger partial charge in [-0.15, -0.1) is 0 Å². The number of alkyl halides is 1. The van der Waals surface area contributed by atoms with E-state index in [1.807, 2.05) is 6.92 Å². The van der Waals surface area contributed by atoms with E-state index in [4.69, 9.17) is 5.11 Å². The van der Waals surface area contributed by atoms with Crippen LogP contribution in [0.4, 0.5) is 0 Å². The molecular formula is C12H13BrO3. The number of rotatable bonds is 5. The van der Waals surface area contributed by atoms with E-state index in [1.165, 1.54) is 0 Å². The molecule has 0 amide bonds. The number of carbonyl (C=O) groups excluding carboxylic acids is 1. The summed E-state index contributed by atoms with van der Waals surface area (Å²) in [7, 11) is 0. The summed E-state index contributed by atoms with van der Waals surface area (Å²) in [6.07, 6.45) is 0.543. The van der Waals surface area contributed by atoms with E-state index in [2.05, 4.69) is 15.9 Å². The zero-order valence-corrected chi connectivity index (χ0v) is 10.5. The average molecular weight is 285 g/mol. The fourth-order valence-electron chi connectivity index (χ4n) is 1.53. The molecule has 1 rings (SSSR count). The first kappa shape index (κ1) is 12.9. The summed E-state index contributed by atoms with van der Waals surface area (Å²) in [6, 6.07) is 6.76. The van der Waals surface area contributed by atoms with Crippen LogP contribution in [0.25, 0.3) is 0 Å². The quantitative estimate of drug-likeness (QED) is 0.668. The van der Waals surface area contributed by atoms with E-state index < -0.39 is 11.9 Å². The second kappa shape index (κ2) is 5.80. The second-order valence-corrected chi connectivity index (χ2v) is 4.04. The van der Waals surface area contributed by atoms with Crippen LogP contribution in [0.15, 0.2) is 24.3 Å². The predicted molar refractivity (Wildman–Crippen MR) is 65.2 cm³/mol. The van der Waals surface area contributed by atoms with Gasteiger partial charge in [0.2, 0.25) is 0 Å². The number of carbonyl (C=O) groups is 2. The summed E-state index contributed by atoms with van der Waals surface area (Å²) in [4.78, 5) is 22.3. The van der Waals surface area contributed by atoms with E-state index in [9.17, 15) is 9.59 Å². The molecule has 1 atom stereocenters. The van der Waals surface area contributed by atoms with Gasteiger partial charge >= 0.3 is 5.97 Å².